The quantitative estimate of drug-likeness (QED) is 0.887. The third-order valence-electron chi connectivity index (χ3n) is 4.12. The molecule has 0 atom stereocenters. The molecule has 1 aliphatic heterocycles. The number of ether oxygens (including phenoxy) is 1. The monoisotopic (exact) mass is 326 g/mol. The SMILES string of the molecule is O=C(CCc1ccccc1O)Nc1cccc(N2CCOCC2)c1. The number of carbonyl (C=O) groups is 1. The Labute approximate surface area is 141 Å². The predicted octanol–water partition coefficient (Wildman–Crippen LogP) is 2.80. The molecule has 0 spiro atoms. The maximum Gasteiger partial charge on any atom is 0.224 e. The van der Waals surface area contributed by atoms with Crippen LogP contribution in [0.2, 0.25) is 0 Å². The summed E-state index contributed by atoms with van der Waals surface area (Å²) in [4.78, 5) is 14.4. The molecule has 1 amide bonds. The molecule has 0 aliphatic carbocycles. The zero-order valence-corrected chi connectivity index (χ0v) is 13.6. The van der Waals surface area contributed by atoms with Crippen LogP contribution in [0.15, 0.2) is 48.5 Å². The van der Waals surface area contributed by atoms with E-state index < -0.39 is 0 Å². The molecule has 1 aliphatic rings. The molecule has 1 saturated heterocycles. The fourth-order valence-electron chi connectivity index (χ4n) is 2.80. The minimum Gasteiger partial charge on any atom is -0.508 e. The minimum absolute atomic E-state index is 0.0580. The predicted molar refractivity (Wildman–Crippen MR) is 94.5 cm³/mol. The Hall–Kier alpha value is -2.53. The van der Waals surface area contributed by atoms with Gasteiger partial charge in [0, 0.05) is 30.9 Å². The average Bonchev–Trinajstić information content (AvgIpc) is 2.62. The highest BCUT2D eigenvalue weighted by atomic mass is 16.5. The number of rotatable bonds is 5. The van der Waals surface area contributed by atoms with Gasteiger partial charge in [0.1, 0.15) is 5.75 Å². The highest BCUT2D eigenvalue weighted by molar-refractivity contribution is 5.91. The molecule has 24 heavy (non-hydrogen) atoms. The van der Waals surface area contributed by atoms with E-state index in [1.165, 1.54) is 0 Å². The molecule has 5 nitrogen and oxygen atoms in total. The van der Waals surface area contributed by atoms with Crippen molar-refractivity contribution in [1.82, 2.24) is 0 Å². The average molecular weight is 326 g/mol. The Morgan fingerprint density at radius 1 is 1.12 bits per heavy atom. The van der Waals surface area contributed by atoms with Gasteiger partial charge in [0.15, 0.2) is 0 Å². The van der Waals surface area contributed by atoms with Crippen LogP contribution in [0.5, 0.6) is 5.75 Å². The van der Waals surface area contributed by atoms with Crippen molar-refractivity contribution in [3.05, 3.63) is 54.1 Å². The molecule has 1 fully saturated rings. The van der Waals surface area contributed by atoms with Crippen molar-refractivity contribution < 1.29 is 14.6 Å². The van der Waals surface area contributed by atoms with Gasteiger partial charge in [-0.1, -0.05) is 24.3 Å². The topological polar surface area (TPSA) is 61.8 Å². The number of para-hydroxylation sites is 1. The number of phenols is 1. The molecule has 0 saturated carbocycles. The van der Waals surface area contributed by atoms with Crippen LogP contribution in [-0.2, 0) is 16.0 Å². The molecule has 0 bridgehead atoms. The standard InChI is InChI=1S/C19H22N2O3/c22-18-7-2-1-4-15(18)8-9-19(23)20-16-5-3-6-17(14-16)21-10-12-24-13-11-21/h1-7,14,22H,8-13H2,(H,20,23). The lowest BCUT2D eigenvalue weighted by atomic mass is 10.1. The van der Waals surface area contributed by atoms with E-state index in [1.54, 1.807) is 12.1 Å². The highest BCUT2D eigenvalue weighted by Gasteiger charge is 2.12. The summed E-state index contributed by atoms with van der Waals surface area (Å²) in [5.41, 5.74) is 2.67. The highest BCUT2D eigenvalue weighted by Crippen LogP contribution is 2.21. The van der Waals surface area contributed by atoms with Crippen molar-refractivity contribution >= 4 is 17.3 Å². The number of nitrogens with one attached hydrogen (secondary N) is 1. The number of aryl methyl sites for hydroxylation is 1. The third-order valence-corrected chi connectivity index (χ3v) is 4.12. The van der Waals surface area contributed by atoms with Crippen LogP contribution in [0, 0.1) is 0 Å². The van der Waals surface area contributed by atoms with Crippen LogP contribution in [0.25, 0.3) is 0 Å². The number of nitrogens with zero attached hydrogens (tertiary/aromatic N) is 1. The fourth-order valence-corrected chi connectivity index (χ4v) is 2.80. The Kier molecular flexibility index (Phi) is 5.33. The first-order valence-corrected chi connectivity index (χ1v) is 8.22. The van der Waals surface area contributed by atoms with Gasteiger partial charge in [-0.3, -0.25) is 4.79 Å². The van der Waals surface area contributed by atoms with Crippen molar-refractivity contribution in [3.63, 3.8) is 0 Å². The first kappa shape index (κ1) is 16.3. The summed E-state index contributed by atoms with van der Waals surface area (Å²) >= 11 is 0. The van der Waals surface area contributed by atoms with Crippen molar-refractivity contribution in [2.45, 2.75) is 12.8 Å². The van der Waals surface area contributed by atoms with Crippen molar-refractivity contribution in [2.24, 2.45) is 0 Å². The van der Waals surface area contributed by atoms with E-state index in [-0.39, 0.29) is 11.7 Å². The number of amides is 1. The van der Waals surface area contributed by atoms with Gasteiger partial charge in [-0.15, -0.1) is 0 Å². The van der Waals surface area contributed by atoms with Gasteiger partial charge in [0.25, 0.3) is 0 Å². The number of hydrogen-bond acceptors (Lipinski definition) is 4. The second-order valence-electron chi connectivity index (χ2n) is 5.83. The van der Waals surface area contributed by atoms with E-state index in [2.05, 4.69) is 10.2 Å². The Bertz CT molecular complexity index is 697. The largest absolute Gasteiger partial charge is 0.508 e. The lowest BCUT2D eigenvalue weighted by Gasteiger charge is -2.29. The number of phenolic OH excluding ortho intramolecular Hbond substituents is 1. The molecule has 0 radical (unpaired) electrons. The van der Waals surface area contributed by atoms with E-state index in [1.807, 2.05) is 36.4 Å². The Morgan fingerprint density at radius 2 is 1.92 bits per heavy atom. The van der Waals surface area contributed by atoms with Gasteiger partial charge in [0.05, 0.1) is 13.2 Å². The lowest BCUT2D eigenvalue weighted by Crippen LogP contribution is -2.36. The van der Waals surface area contributed by atoms with E-state index in [0.29, 0.717) is 12.8 Å². The van der Waals surface area contributed by atoms with E-state index in [4.69, 9.17) is 4.74 Å². The molecule has 1 heterocycles. The second-order valence-corrected chi connectivity index (χ2v) is 5.83. The molecular weight excluding hydrogens is 304 g/mol. The number of benzene rings is 2. The molecule has 0 aromatic heterocycles. The second kappa shape index (κ2) is 7.84. The number of carbonyl (C=O) groups excluding carboxylic acids is 1. The lowest BCUT2D eigenvalue weighted by molar-refractivity contribution is -0.116. The smallest absolute Gasteiger partial charge is 0.224 e. The summed E-state index contributed by atoms with van der Waals surface area (Å²) in [6.07, 6.45) is 0.848. The first-order chi connectivity index (χ1) is 11.7. The van der Waals surface area contributed by atoms with Crippen LogP contribution in [0.4, 0.5) is 11.4 Å². The Balaban J connectivity index is 1.57. The van der Waals surface area contributed by atoms with Gasteiger partial charge in [-0.2, -0.15) is 0 Å². The van der Waals surface area contributed by atoms with Crippen molar-refractivity contribution in [2.75, 3.05) is 36.5 Å². The van der Waals surface area contributed by atoms with Gasteiger partial charge in [-0.05, 0) is 36.2 Å². The van der Waals surface area contributed by atoms with Crippen LogP contribution in [-0.4, -0.2) is 37.3 Å². The first-order valence-electron chi connectivity index (χ1n) is 8.22. The van der Waals surface area contributed by atoms with Gasteiger partial charge >= 0.3 is 0 Å². The van der Waals surface area contributed by atoms with E-state index in [0.717, 1.165) is 43.2 Å². The number of aromatic hydroxyl groups is 1. The van der Waals surface area contributed by atoms with Crippen molar-refractivity contribution in [3.8, 4) is 5.75 Å². The molecular formula is C19H22N2O3. The van der Waals surface area contributed by atoms with Crippen LogP contribution in [0.3, 0.4) is 0 Å². The third kappa shape index (κ3) is 4.26. The summed E-state index contributed by atoms with van der Waals surface area (Å²) in [6, 6.07) is 15.0. The Morgan fingerprint density at radius 3 is 2.71 bits per heavy atom. The molecule has 126 valence electrons. The van der Waals surface area contributed by atoms with Crippen LogP contribution < -0.4 is 10.2 Å². The van der Waals surface area contributed by atoms with E-state index in [9.17, 15) is 9.90 Å². The molecule has 0 unspecified atom stereocenters. The number of anilines is 2. The maximum atomic E-state index is 12.2. The molecule has 2 N–H and O–H groups in total. The number of hydrogen-bond donors (Lipinski definition) is 2. The van der Waals surface area contributed by atoms with E-state index >= 15 is 0 Å². The van der Waals surface area contributed by atoms with Crippen molar-refractivity contribution in [1.29, 1.82) is 0 Å². The van der Waals surface area contributed by atoms with Gasteiger partial charge in [-0.25, -0.2) is 0 Å². The fraction of sp³-hybridized carbons (Fsp3) is 0.316. The summed E-state index contributed by atoms with van der Waals surface area (Å²) in [7, 11) is 0. The molecule has 2 aromatic carbocycles. The zero-order chi connectivity index (χ0) is 16.8. The van der Waals surface area contributed by atoms with Gasteiger partial charge in [0.2, 0.25) is 5.91 Å². The number of morpholine rings is 1. The molecule has 5 heteroatoms. The van der Waals surface area contributed by atoms with Gasteiger partial charge < -0.3 is 20.1 Å². The summed E-state index contributed by atoms with van der Waals surface area (Å²) in [5, 5.41) is 12.7. The van der Waals surface area contributed by atoms with Crippen LogP contribution in [0.1, 0.15) is 12.0 Å². The zero-order valence-electron chi connectivity index (χ0n) is 13.6. The summed E-state index contributed by atoms with van der Waals surface area (Å²) < 4.78 is 5.37. The summed E-state index contributed by atoms with van der Waals surface area (Å²) in [6.45, 7) is 3.20. The summed E-state index contributed by atoms with van der Waals surface area (Å²) in [5.74, 6) is 0.178. The normalized spacial score (nSPS) is 14.4. The molecule has 3 rings (SSSR count). The maximum absolute atomic E-state index is 12.2. The van der Waals surface area contributed by atoms with Crippen LogP contribution >= 0.6 is 0 Å². The minimum atomic E-state index is -0.0580. The molecule has 2 aromatic rings.